The van der Waals surface area contributed by atoms with Crippen molar-refractivity contribution >= 4 is 0 Å². The van der Waals surface area contributed by atoms with Crippen LogP contribution in [-0.2, 0) is 6.54 Å². The first-order chi connectivity index (χ1) is 16.0. The molecule has 3 aromatic carbocycles. The van der Waals surface area contributed by atoms with E-state index in [1.165, 1.54) is 16.7 Å². The number of benzene rings is 3. The fraction of sp³-hybridized carbons (Fsp3) is 0.379. The second-order valence-corrected chi connectivity index (χ2v) is 8.81. The summed E-state index contributed by atoms with van der Waals surface area (Å²) in [5.41, 5.74) is 3.71. The summed E-state index contributed by atoms with van der Waals surface area (Å²) in [5.74, 6) is 2.96. The lowest BCUT2D eigenvalue weighted by Crippen LogP contribution is -2.18. The van der Waals surface area contributed by atoms with Gasteiger partial charge in [-0.1, -0.05) is 42.5 Å². The van der Waals surface area contributed by atoms with Gasteiger partial charge in [0, 0.05) is 18.0 Å². The number of hydrogen-bond acceptors (Lipinski definition) is 4. The van der Waals surface area contributed by atoms with Gasteiger partial charge in [0.2, 0.25) is 0 Å². The Morgan fingerprint density at radius 3 is 1.88 bits per heavy atom. The maximum Gasteiger partial charge on any atom is 0.122 e. The van der Waals surface area contributed by atoms with Crippen molar-refractivity contribution in [3.8, 4) is 17.2 Å². The minimum absolute atomic E-state index is 0.163. The molecule has 0 heterocycles. The van der Waals surface area contributed by atoms with Crippen molar-refractivity contribution in [3.63, 3.8) is 0 Å². The van der Waals surface area contributed by atoms with Gasteiger partial charge in [-0.15, -0.1) is 0 Å². The van der Waals surface area contributed by atoms with Crippen LogP contribution in [0.2, 0.25) is 0 Å². The molecule has 4 heteroatoms. The van der Waals surface area contributed by atoms with Gasteiger partial charge in [0.05, 0.1) is 19.3 Å². The number of hydrogen-bond donors (Lipinski definition) is 1. The van der Waals surface area contributed by atoms with E-state index in [2.05, 4.69) is 53.8 Å². The predicted octanol–water partition coefficient (Wildman–Crippen LogP) is 6.58. The van der Waals surface area contributed by atoms with E-state index >= 15 is 0 Å². The highest BCUT2D eigenvalue weighted by Crippen LogP contribution is 2.35. The van der Waals surface area contributed by atoms with Gasteiger partial charge in [-0.25, -0.2) is 0 Å². The average Bonchev–Trinajstić information content (AvgIpc) is 2.80. The Bertz CT molecular complexity index is 965. The molecule has 4 nitrogen and oxygen atoms in total. The van der Waals surface area contributed by atoms with E-state index in [-0.39, 0.29) is 18.1 Å². The summed E-state index contributed by atoms with van der Waals surface area (Å²) in [6, 6.07) is 25.1. The van der Waals surface area contributed by atoms with Crippen molar-refractivity contribution in [3.05, 3.63) is 89.5 Å². The fourth-order valence-electron chi connectivity index (χ4n) is 3.94. The first-order valence-corrected chi connectivity index (χ1v) is 11.8. The minimum atomic E-state index is 0.163. The SMILES string of the molecule is COc1ccccc1[C@@H](CCNCc1ccc(OC(C)C)cc1)c1ccc(OC(C)C)cc1. The molecule has 1 atom stereocenters. The highest BCUT2D eigenvalue weighted by atomic mass is 16.5. The summed E-state index contributed by atoms with van der Waals surface area (Å²) >= 11 is 0. The topological polar surface area (TPSA) is 39.7 Å². The van der Waals surface area contributed by atoms with E-state index in [0.29, 0.717) is 0 Å². The Kier molecular flexibility index (Phi) is 9.20. The van der Waals surface area contributed by atoms with Crippen molar-refractivity contribution in [2.45, 2.75) is 58.8 Å². The van der Waals surface area contributed by atoms with Crippen LogP contribution < -0.4 is 19.5 Å². The van der Waals surface area contributed by atoms with Crippen LogP contribution in [0.5, 0.6) is 17.2 Å². The largest absolute Gasteiger partial charge is 0.496 e. The van der Waals surface area contributed by atoms with Crippen molar-refractivity contribution < 1.29 is 14.2 Å². The summed E-state index contributed by atoms with van der Waals surface area (Å²) in [4.78, 5) is 0. The van der Waals surface area contributed by atoms with E-state index in [1.54, 1.807) is 7.11 Å². The molecule has 0 aromatic heterocycles. The molecule has 0 bridgehead atoms. The van der Waals surface area contributed by atoms with Gasteiger partial charge in [0.25, 0.3) is 0 Å². The maximum absolute atomic E-state index is 5.83. The Balaban J connectivity index is 1.67. The molecule has 3 rings (SSSR count). The van der Waals surface area contributed by atoms with Gasteiger partial charge in [-0.3, -0.25) is 0 Å². The normalized spacial score (nSPS) is 12.1. The molecule has 0 amide bonds. The summed E-state index contributed by atoms with van der Waals surface area (Å²) in [7, 11) is 1.74. The number of ether oxygens (including phenoxy) is 3. The van der Waals surface area contributed by atoms with Crippen LogP contribution in [0, 0.1) is 0 Å². The smallest absolute Gasteiger partial charge is 0.122 e. The summed E-state index contributed by atoms with van der Waals surface area (Å²) < 4.78 is 17.2. The van der Waals surface area contributed by atoms with Crippen LogP contribution in [0.4, 0.5) is 0 Å². The monoisotopic (exact) mass is 447 g/mol. The van der Waals surface area contributed by atoms with Crippen LogP contribution in [0.25, 0.3) is 0 Å². The Hall–Kier alpha value is -2.98. The van der Waals surface area contributed by atoms with Crippen LogP contribution in [-0.4, -0.2) is 25.9 Å². The Morgan fingerprint density at radius 2 is 1.30 bits per heavy atom. The Morgan fingerprint density at radius 1 is 0.727 bits per heavy atom. The van der Waals surface area contributed by atoms with E-state index in [0.717, 1.165) is 36.8 Å². The van der Waals surface area contributed by atoms with E-state index in [1.807, 2.05) is 52.0 Å². The van der Waals surface area contributed by atoms with E-state index < -0.39 is 0 Å². The Labute approximate surface area is 198 Å². The van der Waals surface area contributed by atoms with Gasteiger partial charge in [-0.05, 0) is 82.1 Å². The first kappa shape index (κ1) is 24.7. The molecule has 0 aliphatic heterocycles. The molecule has 0 spiro atoms. The molecule has 0 saturated carbocycles. The fourth-order valence-corrected chi connectivity index (χ4v) is 3.94. The van der Waals surface area contributed by atoms with Gasteiger partial charge in [0.15, 0.2) is 0 Å². The molecule has 176 valence electrons. The molecule has 3 aromatic rings. The molecular weight excluding hydrogens is 410 g/mol. The summed E-state index contributed by atoms with van der Waals surface area (Å²) in [6.45, 7) is 9.88. The van der Waals surface area contributed by atoms with Gasteiger partial charge in [-0.2, -0.15) is 0 Å². The highest BCUT2D eigenvalue weighted by molar-refractivity contribution is 5.43. The maximum atomic E-state index is 5.83. The van der Waals surface area contributed by atoms with Crippen molar-refractivity contribution in [2.24, 2.45) is 0 Å². The summed E-state index contributed by atoms with van der Waals surface area (Å²) in [5, 5.41) is 3.60. The molecule has 0 saturated heterocycles. The molecule has 0 aliphatic rings. The first-order valence-electron chi connectivity index (χ1n) is 11.8. The third-order valence-corrected chi connectivity index (χ3v) is 5.40. The zero-order valence-electron chi connectivity index (χ0n) is 20.5. The van der Waals surface area contributed by atoms with Crippen LogP contribution >= 0.6 is 0 Å². The van der Waals surface area contributed by atoms with Gasteiger partial charge < -0.3 is 19.5 Å². The van der Waals surface area contributed by atoms with Crippen LogP contribution in [0.1, 0.15) is 56.7 Å². The zero-order chi connectivity index (χ0) is 23.6. The number of rotatable bonds is 12. The van der Waals surface area contributed by atoms with Crippen LogP contribution in [0.3, 0.4) is 0 Å². The van der Waals surface area contributed by atoms with Gasteiger partial charge in [0.1, 0.15) is 17.2 Å². The van der Waals surface area contributed by atoms with Gasteiger partial charge >= 0.3 is 0 Å². The second kappa shape index (κ2) is 12.3. The molecular formula is C29H37NO3. The second-order valence-electron chi connectivity index (χ2n) is 8.81. The van der Waals surface area contributed by atoms with Crippen molar-refractivity contribution in [1.82, 2.24) is 5.32 Å². The van der Waals surface area contributed by atoms with E-state index in [4.69, 9.17) is 14.2 Å². The predicted molar refractivity (Wildman–Crippen MR) is 136 cm³/mol. The van der Waals surface area contributed by atoms with Crippen molar-refractivity contribution in [1.29, 1.82) is 0 Å². The molecule has 0 unspecified atom stereocenters. The number of para-hydroxylation sites is 1. The lowest BCUT2D eigenvalue weighted by Gasteiger charge is -2.21. The summed E-state index contributed by atoms with van der Waals surface area (Å²) in [6.07, 6.45) is 1.31. The highest BCUT2D eigenvalue weighted by Gasteiger charge is 2.18. The molecule has 0 radical (unpaired) electrons. The molecule has 33 heavy (non-hydrogen) atoms. The van der Waals surface area contributed by atoms with E-state index in [9.17, 15) is 0 Å². The lowest BCUT2D eigenvalue weighted by molar-refractivity contribution is 0.242. The minimum Gasteiger partial charge on any atom is -0.496 e. The molecule has 0 fully saturated rings. The lowest BCUT2D eigenvalue weighted by atomic mass is 9.88. The molecule has 1 N–H and O–H groups in total. The third-order valence-electron chi connectivity index (χ3n) is 5.40. The number of nitrogens with one attached hydrogen (secondary N) is 1. The standard InChI is InChI=1S/C29H37NO3/c1-21(2)32-25-14-10-23(11-15-25)20-30-19-18-27(28-8-6-7-9-29(28)31-5)24-12-16-26(17-13-24)33-22(3)4/h6-17,21-22,27,30H,18-20H2,1-5H3/t27-/m0/s1. The number of methoxy groups -OCH3 is 1. The van der Waals surface area contributed by atoms with Crippen LogP contribution in [0.15, 0.2) is 72.8 Å². The van der Waals surface area contributed by atoms with Crippen molar-refractivity contribution in [2.75, 3.05) is 13.7 Å². The average molecular weight is 448 g/mol. The third kappa shape index (κ3) is 7.54. The molecule has 0 aliphatic carbocycles. The quantitative estimate of drug-likeness (QED) is 0.318. The zero-order valence-corrected chi connectivity index (χ0v) is 20.5.